The monoisotopic (exact) mass is 403 g/mol. The average Bonchev–Trinajstić information content (AvgIpc) is 3.15. The van der Waals surface area contributed by atoms with Gasteiger partial charge in [0.25, 0.3) is 0 Å². The first kappa shape index (κ1) is 20.7. The number of hydrogen-bond donors (Lipinski definition) is 1. The standard InChI is InChI=1S/C21H21F3N4O/c1-2-3-8-20-25-27-28(26-20)17-11-9-15(10-12-17)13-18(29)14-16-6-4-5-7-19(16)21(22,23)24/h4-7,9-12H,2-3,8,13-14H2,1H3/p+1. The molecule has 0 saturated carbocycles. The van der Waals surface area contributed by atoms with E-state index in [1.165, 1.54) is 18.2 Å². The molecule has 3 rings (SSSR count). The summed E-state index contributed by atoms with van der Waals surface area (Å²) in [6.45, 7) is 2.10. The number of aryl methyl sites for hydroxylation is 1. The van der Waals surface area contributed by atoms with Crippen LogP contribution in [0.2, 0.25) is 0 Å². The van der Waals surface area contributed by atoms with Crippen LogP contribution in [0.3, 0.4) is 0 Å². The Morgan fingerprint density at radius 1 is 1.07 bits per heavy atom. The van der Waals surface area contributed by atoms with Gasteiger partial charge in [-0.05, 0) is 50.9 Å². The maximum atomic E-state index is 13.1. The summed E-state index contributed by atoms with van der Waals surface area (Å²) in [4.78, 5) is 13.9. The summed E-state index contributed by atoms with van der Waals surface area (Å²) in [5, 5.41) is 11.4. The minimum Gasteiger partial charge on any atom is -0.299 e. The number of tetrazole rings is 1. The van der Waals surface area contributed by atoms with Crippen molar-refractivity contribution in [2.24, 2.45) is 0 Å². The molecule has 152 valence electrons. The molecule has 29 heavy (non-hydrogen) atoms. The highest BCUT2D eigenvalue weighted by Gasteiger charge is 2.33. The van der Waals surface area contributed by atoms with E-state index in [0.717, 1.165) is 42.4 Å². The molecule has 0 amide bonds. The van der Waals surface area contributed by atoms with Gasteiger partial charge in [-0.2, -0.15) is 13.2 Å². The Hall–Kier alpha value is -3.03. The maximum Gasteiger partial charge on any atom is 0.416 e. The van der Waals surface area contributed by atoms with E-state index in [4.69, 9.17) is 0 Å². The molecule has 0 unspecified atom stereocenters. The van der Waals surface area contributed by atoms with Crippen LogP contribution in [0.15, 0.2) is 48.5 Å². The van der Waals surface area contributed by atoms with Gasteiger partial charge in [-0.1, -0.05) is 43.7 Å². The number of aromatic nitrogens is 4. The molecule has 2 aromatic carbocycles. The van der Waals surface area contributed by atoms with Crippen LogP contribution in [0.1, 0.15) is 42.3 Å². The van der Waals surface area contributed by atoms with Crippen LogP contribution >= 0.6 is 0 Å². The van der Waals surface area contributed by atoms with Crippen LogP contribution < -0.4 is 4.80 Å². The molecule has 1 heterocycles. The third-order valence-electron chi connectivity index (χ3n) is 4.54. The molecule has 0 aliphatic heterocycles. The fraction of sp³-hybridized carbons (Fsp3) is 0.333. The summed E-state index contributed by atoms with van der Waals surface area (Å²) < 4.78 is 39.2. The van der Waals surface area contributed by atoms with E-state index in [-0.39, 0.29) is 24.2 Å². The number of nitrogens with zero attached hydrogens (tertiary/aromatic N) is 3. The first-order valence-corrected chi connectivity index (χ1v) is 9.46. The Labute approximate surface area is 166 Å². The Bertz CT molecular complexity index is 965. The van der Waals surface area contributed by atoms with Gasteiger partial charge in [-0.15, -0.1) is 0 Å². The molecule has 0 aliphatic carbocycles. The summed E-state index contributed by atoms with van der Waals surface area (Å²) in [6, 6.07) is 12.3. The molecule has 0 atom stereocenters. The maximum absolute atomic E-state index is 13.1. The zero-order valence-corrected chi connectivity index (χ0v) is 16.0. The number of carbonyl (C=O) groups excluding carboxylic acids is 1. The summed E-state index contributed by atoms with van der Waals surface area (Å²) in [7, 11) is 0. The zero-order valence-electron chi connectivity index (χ0n) is 16.0. The van der Waals surface area contributed by atoms with Gasteiger partial charge in [0.05, 0.1) is 10.7 Å². The van der Waals surface area contributed by atoms with Crippen molar-refractivity contribution in [3.05, 3.63) is 71.0 Å². The number of unbranched alkanes of at least 4 members (excludes halogenated alkanes) is 1. The second kappa shape index (κ2) is 8.98. The molecule has 0 spiro atoms. The molecule has 1 N–H and O–H groups in total. The molecular formula is C21H22F3N4O+. The first-order valence-electron chi connectivity index (χ1n) is 9.46. The number of H-pyrrole nitrogens is 1. The van der Waals surface area contributed by atoms with E-state index in [1.54, 1.807) is 29.1 Å². The highest BCUT2D eigenvalue weighted by molar-refractivity contribution is 5.83. The highest BCUT2D eigenvalue weighted by atomic mass is 19.4. The number of nitrogens with one attached hydrogen (secondary N) is 1. The van der Waals surface area contributed by atoms with Crippen LogP contribution in [0.5, 0.6) is 0 Å². The lowest BCUT2D eigenvalue weighted by molar-refractivity contribution is -0.717. The van der Waals surface area contributed by atoms with E-state index in [0.29, 0.717) is 0 Å². The minimum absolute atomic E-state index is 0.00144. The molecule has 0 aliphatic rings. The minimum atomic E-state index is -4.47. The van der Waals surface area contributed by atoms with Crippen LogP contribution in [0, 0.1) is 0 Å². The number of carbonyl (C=O) groups is 1. The van der Waals surface area contributed by atoms with Gasteiger partial charge in [-0.3, -0.25) is 4.79 Å². The zero-order chi connectivity index (χ0) is 20.9. The van der Waals surface area contributed by atoms with Crippen LogP contribution in [0.4, 0.5) is 13.2 Å². The SMILES string of the molecule is CCCCc1n[nH][n+](-c2ccc(CC(=O)Cc3ccccc3C(F)(F)F)cc2)n1. The van der Waals surface area contributed by atoms with Gasteiger partial charge in [0, 0.05) is 19.3 Å². The lowest BCUT2D eigenvalue weighted by Gasteiger charge is -2.12. The average molecular weight is 403 g/mol. The Kier molecular flexibility index (Phi) is 6.41. The number of halogens is 3. The lowest BCUT2D eigenvalue weighted by atomic mass is 9.98. The van der Waals surface area contributed by atoms with Gasteiger partial charge in [0.1, 0.15) is 5.78 Å². The number of ketones is 1. The third-order valence-corrected chi connectivity index (χ3v) is 4.54. The highest BCUT2D eigenvalue weighted by Crippen LogP contribution is 2.32. The van der Waals surface area contributed by atoms with Gasteiger partial charge < -0.3 is 0 Å². The second-order valence-corrected chi connectivity index (χ2v) is 6.86. The number of hydrogen-bond acceptors (Lipinski definition) is 3. The molecule has 0 bridgehead atoms. The quantitative estimate of drug-likeness (QED) is 0.582. The predicted molar refractivity (Wildman–Crippen MR) is 100 cm³/mol. The summed E-state index contributed by atoms with van der Waals surface area (Å²) in [5.41, 5.74) is 0.733. The second-order valence-electron chi connectivity index (χ2n) is 6.86. The van der Waals surface area contributed by atoms with Crippen molar-refractivity contribution in [1.29, 1.82) is 0 Å². The fourth-order valence-electron chi connectivity index (χ4n) is 3.03. The molecule has 5 nitrogen and oxygen atoms in total. The number of aromatic amines is 1. The summed E-state index contributed by atoms with van der Waals surface area (Å²) in [5.74, 6) is 0.457. The number of Topliss-reactive ketones (excluding diaryl/α,β-unsaturated/α-hetero) is 1. The van der Waals surface area contributed by atoms with Crippen molar-refractivity contribution >= 4 is 5.78 Å². The number of alkyl halides is 3. The predicted octanol–water partition coefficient (Wildman–Crippen LogP) is 3.80. The fourth-order valence-corrected chi connectivity index (χ4v) is 3.03. The Balaban J connectivity index is 1.64. The topological polar surface area (TPSA) is 62.5 Å². The van der Waals surface area contributed by atoms with E-state index in [1.807, 2.05) is 0 Å². The van der Waals surface area contributed by atoms with Crippen molar-refractivity contribution in [2.75, 3.05) is 0 Å². The van der Waals surface area contributed by atoms with Gasteiger partial charge >= 0.3 is 12.0 Å². The van der Waals surface area contributed by atoms with Crippen molar-refractivity contribution in [3.63, 3.8) is 0 Å². The third kappa shape index (κ3) is 5.49. The molecule has 8 heteroatoms. The normalized spacial score (nSPS) is 11.6. The van der Waals surface area contributed by atoms with E-state index >= 15 is 0 Å². The number of benzene rings is 2. The summed E-state index contributed by atoms with van der Waals surface area (Å²) in [6.07, 6.45) is -1.79. The van der Waals surface area contributed by atoms with E-state index in [9.17, 15) is 18.0 Å². The Morgan fingerprint density at radius 2 is 1.79 bits per heavy atom. The van der Waals surface area contributed by atoms with E-state index < -0.39 is 11.7 Å². The molecule has 0 radical (unpaired) electrons. The van der Waals surface area contributed by atoms with Crippen molar-refractivity contribution in [3.8, 4) is 5.69 Å². The molecular weight excluding hydrogens is 381 g/mol. The first-order chi connectivity index (χ1) is 13.9. The van der Waals surface area contributed by atoms with Crippen molar-refractivity contribution < 1.29 is 22.8 Å². The molecule has 0 fully saturated rings. The van der Waals surface area contributed by atoms with Gasteiger partial charge in [0.2, 0.25) is 0 Å². The van der Waals surface area contributed by atoms with Crippen molar-refractivity contribution in [2.45, 2.75) is 45.2 Å². The van der Waals surface area contributed by atoms with Crippen LogP contribution in [0.25, 0.3) is 5.69 Å². The smallest absolute Gasteiger partial charge is 0.299 e. The molecule has 0 saturated heterocycles. The van der Waals surface area contributed by atoms with E-state index in [2.05, 4.69) is 22.3 Å². The van der Waals surface area contributed by atoms with Crippen LogP contribution in [-0.2, 0) is 30.2 Å². The largest absolute Gasteiger partial charge is 0.416 e. The lowest BCUT2D eigenvalue weighted by Crippen LogP contribution is -2.36. The summed E-state index contributed by atoms with van der Waals surface area (Å²) >= 11 is 0. The molecule has 1 aromatic heterocycles. The van der Waals surface area contributed by atoms with Gasteiger partial charge in [0.15, 0.2) is 5.69 Å². The number of rotatable bonds is 8. The van der Waals surface area contributed by atoms with Gasteiger partial charge in [-0.25, -0.2) is 0 Å². The Morgan fingerprint density at radius 3 is 2.48 bits per heavy atom. The van der Waals surface area contributed by atoms with Crippen molar-refractivity contribution in [1.82, 2.24) is 15.4 Å². The molecule has 3 aromatic rings. The van der Waals surface area contributed by atoms with Crippen LogP contribution in [-0.4, -0.2) is 21.2 Å².